The van der Waals surface area contributed by atoms with E-state index in [-0.39, 0.29) is 17.5 Å². The highest BCUT2D eigenvalue weighted by Gasteiger charge is 2.55. The van der Waals surface area contributed by atoms with Crippen molar-refractivity contribution in [2.45, 2.75) is 82.8 Å². The molecule has 0 heterocycles. The number of nitrogens with zero attached hydrogens (tertiary/aromatic N) is 2. The molecule has 0 radical (unpaired) electrons. The molecule has 3 atom stereocenters. The number of phenols is 1. The standard InChI is InChI=1S/C22H34N2O3/c1-5-6-7-12-21(2)19-16(10-11-17(23-27)20(19)25)13-18(22(21,3)26)24(4)14-15-8-9-15/h10-11,15,18,25-26H,5-9,12-14H2,1-4H3/t18?,21?,22-/m1/s1. The highest BCUT2D eigenvalue weighted by molar-refractivity contribution is 5.62. The SMILES string of the molecule is CCCCCC1(C)c2c(ccc(N=O)c2O)CC(N(C)CC2CC2)[C@@]1(C)O. The first kappa shape index (κ1) is 20.3. The van der Waals surface area contributed by atoms with Crippen molar-refractivity contribution in [1.82, 2.24) is 4.90 Å². The predicted octanol–water partition coefficient (Wildman–Crippen LogP) is 4.65. The van der Waals surface area contributed by atoms with Crippen molar-refractivity contribution in [3.05, 3.63) is 28.2 Å². The second kappa shape index (κ2) is 7.51. The lowest BCUT2D eigenvalue weighted by Gasteiger charge is -2.54. The molecule has 2 unspecified atom stereocenters. The molecule has 5 heteroatoms. The molecule has 2 N–H and O–H groups in total. The number of phenolic OH excluding ortho intramolecular Hbond substituents is 1. The van der Waals surface area contributed by atoms with Crippen LogP contribution in [0.5, 0.6) is 5.75 Å². The molecular formula is C22H34N2O3. The lowest BCUT2D eigenvalue weighted by molar-refractivity contribution is -0.0945. The zero-order chi connectivity index (χ0) is 19.8. The molecule has 5 nitrogen and oxygen atoms in total. The fraction of sp³-hybridized carbons (Fsp3) is 0.727. The number of aliphatic hydroxyl groups is 1. The Bertz CT molecular complexity index is 699. The number of hydrogen-bond acceptors (Lipinski definition) is 5. The second-order valence-electron chi connectivity index (χ2n) is 9.10. The van der Waals surface area contributed by atoms with Crippen LogP contribution in [0, 0.1) is 10.8 Å². The van der Waals surface area contributed by atoms with Gasteiger partial charge in [-0.25, -0.2) is 0 Å². The number of aromatic hydroxyl groups is 1. The van der Waals surface area contributed by atoms with Crippen LogP contribution in [0.1, 0.15) is 70.4 Å². The molecule has 1 aromatic rings. The van der Waals surface area contributed by atoms with Gasteiger partial charge >= 0.3 is 0 Å². The Morgan fingerprint density at radius 1 is 1.26 bits per heavy atom. The third kappa shape index (κ3) is 3.52. The summed E-state index contributed by atoms with van der Waals surface area (Å²) in [4.78, 5) is 13.5. The minimum absolute atomic E-state index is 0.0216. The number of rotatable bonds is 8. The Labute approximate surface area is 162 Å². The van der Waals surface area contributed by atoms with Crippen molar-refractivity contribution in [3.8, 4) is 5.75 Å². The normalized spacial score (nSPS) is 30.4. The summed E-state index contributed by atoms with van der Waals surface area (Å²) < 4.78 is 0. The van der Waals surface area contributed by atoms with Crippen LogP contribution in [0.2, 0.25) is 0 Å². The fourth-order valence-corrected chi connectivity index (χ4v) is 5.04. The Morgan fingerprint density at radius 2 is 1.96 bits per heavy atom. The van der Waals surface area contributed by atoms with Gasteiger partial charge in [-0.3, -0.25) is 4.90 Å². The highest BCUT2D eigenvalue weighted by atomic mass is 16.3. The van der Waals surface area contributed by atoms with Gasteiger partial charge in [0, 0.05) is 23.6 Å². The number of likely N-dealkylation sites (N-methyl/N-ethyl adjacent to an activating group) is 1. The zero-order valence-corrected chi connectivity index (χ0v) is 17.2. The molecule has 3 rings (SSSR count). The van der Waals surface area contributed by atoms with Crippen LogP contribution < -0.4 is 0 Å². The molecule has 1 saturated carbocycles. The number of nitroso groups, excluding NO2 is 1. The van der Waals surface area contributed by atoms with Crippen molar-refractivity contribution in [1.29, 1.82) is 0 Å². The van der Waals surface area contributed by atoms with Crippen molar-refractivity contribution in [2.75, 3.05) is 13.6 Å². The van der Waals surface area contributed by atoms with E-state index in [4.69, 9.17) is 0 Å². The lowest BCUT2D eigenvalue weighted by Crippen LogP contribution is -2.64. The average Bonchev–Trinajstić information content (AvgIpc) is 3.42. The molecule has 0 aromatic heterocycles. The largest absolute Gasteiger partial charge is 0.505 e. The van der Waals surface area contributed by atoms with E-state index in [2.05, 4.69) is 24.0 Å². The van der Waals surface area contributed by atoms with Crippen molar-refractivity contribution < 1.29 is 10.2 Å². The molecule has 0 saturated heterocycles. The summed E-state index contributed by atoms with van der Waals surface area (Å²) in [5.41, 5.74) is 0.158. The molecule has 0 aliphatic heterocycles. The van der Waals surface area contributed by atoms with E-state index in [9.17, 15) is 15.1 Å². The van der Waals surface area contributed by atoms with Gasteiger partial charge in [0.25, 0.3) is 0 Å². The number of fused-ring (bicyclic) bond motifs is 1. The predicted molar refractivity (Wildman–Crippen MR) is 109 cm³/mol. The molecule has 2 aliphatic rings. The van der Waals surface area contributed by atoms with Crippen molar-refractivity contribution >= 4 is 5.69 Å². The van der Waals surface area contributed by atoms with E-state index in [0.29, 0.717) is 6.42 Å². The van der Waals surface area contributed by atoms with Crippen LogP contribution in [0.3, 0.4) is 0 Å². The van der Waals surface area contributed by atoms with Gasteiger partial charge in [-0.15, -0.1) is 4.91 Å². The van der Waals surface area contributed by atoms with Gasteiger partial charge < -0.3 is 10.2 Å². The van der Waals surface area contributed by atoms with E-state index < -0.39 is 11.0 Å². The quantitative estimate of drug-likeness (QED) is 0.513. The highest BCUT2D eigenvalue weighted by Crippen LogP contribution is 2.53. The molecule has 1 fully saturated rings. The van der Waals surface area contributed by atoms with Gasteiger partial charge in [0.15, 0.2) is 0 Å². The smallest absolute Gasteiger partial charge is 0.149 e. The second-order valence-corrected chi connectivity index (χ2v) is 9.10. The third-order valence-electron chi connectivity index (χ3n) is 7.13. The minimum Gasteiger partial charge on any atom is -0.505 e. The Kier molecular flexibility index (Phi) is 5.64. The molecule has 1 aromatic carbocycles. The van der Waals surface area contributed by atoms with E-state index in [1.54, 1.807) is 6.07 Å². The first-order valence-electron chi connectivity index (χ1n) is 10.4. The van der Waals surface area contributed by atoms with Gasteiger partial charge in [0.1, 0.15) is 11.4 Å². The summed E-state index contributed by atoms with van der Waals surface area (Å²) in [6.07, 6.45) is 7.14. The lowest BCUT2D eigenvalue weighted by atomic mass is 9.57. The zero-order valence-electron chi connectivity index (χ0n) is 17.2. The molecule has 0 spiro atoms. The van der Waals surface area contributed by atoms with Crippen LogP contribution in [0.4, 0.5) is 5.69 Å². The summed E-state index contributed by atoms with van der Waals surface area (Å²) in [6.45, 7) is 7.12. The van der Waals surface area contributed by atoms with Gasteiger partial charge in [-0.1, -0.05) is 39.2 Å². The Hall–Kier alpha value is -1.46. The summed E-state index contributed by atoms with van der Waals surface area (Å²) in [7, 11) is 2.11. The summed E-state index contributed by atoms with van der Waals surface area (Å²) in [5, 5.41) is 25.6. The van der Waals surface area contributed by atoms with E-state index in [1.165, 1.54) is 12.8 Å². The first-order chi connectivity index (χ1) is 12.8. The molecule has 150 valence electrons. The van der Waals surface area contributed by atoms with Gasteiger partial charge in [0.05, 0.1) is 5.60 Å². The van der Waals surface area contributed by atoms with E-state index >= 15 is 0 Å². The van der Waals surface area contributed by atoms with Gasteiger partial charge in [-0.2, -0.15) is 0 Å². The van der Waals surface area contributed by atoms with E-state index in [0.717, 1.165) is 49.3 Å². The Balaban J connectivity index is 2.06. The van der Waals surface area contributed by atoms with Crippen molar-refractivity contribution in [3.63, 3.8) is 0 Å². The minimum atomic E-state index is -1.02. The average molecular weight is 375 g/mol. The van der Waals surface area contributed by atoms with Crippen LogP contribution in [0.15, 0.2) is 17.3 Å². The van der Waals surface area contributed by atoms with Crippen LogP contribution in [0.25, 0.3) is 0 Å². The molecule has 0 amide bonds. The molecular weight excluding hydrogens is 340 g/mol. The van der Waals surface area contributed by atoms with Crippen LogP contribution in [-0.4, -0.2) is 40.3 Å². The summed E-state index contributed by atoms with van der Waals surface area (Å²) in [5.74, 6) is 0.693. The maximum Gasteiger partial charge on any atom is 0.149 e. The fourth-order valence-electron chi connectivity index (χ4n) is 5.04. The van der Waals surface area contributed by atoms with Gasteiger partial charge in [0.2, 0.25) is 0 Å². The molecule has 2 aliphatic carbocycles. The molecule has 27 heavy (non-hydrogen) atoms. The summed E-state index contributed by atoms with van der Waals surface area (Å²) >= 11 is 0. The number of hydrogen-bond donors (Lipinski definition) is 2. The Morgan fingerprint density at radius 3 is 2.56 bits per heavy atom. The summed E-state index contributed by atoms with van der Waals surface area (Å²) in [6, 6.07) is 3.49. The number of unbranched alkanes of at least 4 members (excludes halogenated alkanes) is 2. The third-order valence-corrected chi connectivity index (χ3v) is 7.13. The van der Waals surface area contributed by atoms with Crippen LogP contribution in [-0.2, 0) is 11.8 Å². The van der Waals surface area contributed by atoms with Gasteiger partial charge in [-0.05, 0) is 62.4 Å². The van der Waals surface area contributed by atoms with Crippen LogP contribution >= 0.6 is 0 Å². The monoisotopic (exact) mass is 374 g/mol. The first-order valence-corrected chi connectivity index (χ1v) is 10.4. The van der Waals surface area contributed by atoms with E-state index in [1.807, 2.05) is 19.9 Å². The topological polar surface area (TPSA) is 73.1 Å². The number of benzene rings is 1. The van der Waals surface area contributed by atoms with Crippen molar-refractivity contribution in [2.24, 2.45) is 11.1 Å². The maximum absolute atomic E-state index is 11.8. The maximum atomic E-state index is 11.8. The molecule has 0 bridgehead atoms.